The zero-order chi connectivity index (χ0) is 15.4. The Morgan fingerprint density at radius 2 is 1.81 bits per heavy atom. The molecule has 1 unspecified atom stereocenters. The van der Waals surface area contributed by atoms with Crippen molar-refractivity contribution in [3.05, 3.63) is 52.5 Å². The van der Waals surface area contributed by atoms with Crippen LogP contribution < -0.4 is 11.1 Å². The second-order valence-corrected chi connectivity index (χ2v) is 6.50. The van der Waals surface area contributed by atoms with Gasteiger partial charge in [-0.05, 0) is 42.5 Å². The molecule has 21 heavy (non-hydrogen) atoms. The third-order valence-corrected chi connectivity index (χ3v) is 4.62. The number of nitrogens with two attached hydrogens (primary N) is 1. The van der Waals surface area contributed by atoms with Crippen molar-refractivity contribution in [1.29, 1.82) is 0 Å². The molecule has 1 amide bonds. The molecule has 0 saturated carbocycles. The van der Waals surface area contributed by atoms with Crippen molar-refractivity contribution in [3.8, 4) is 0 Å². The maximum Gasteiger partial charge on any atom is 0.237 e. The van der Waals surface area contributed by atoms with Crippen LogP contribution in [0, 0.1) is 0 Å². The van der Waals surface area contributed by atoms with Gasteiger partial charge in [-0.15, -0.1) is 0 Å². The van der Waals surface area contributed by atoms with Gasteiger partial charge in [0, 0.05) is 16.4 Å². The highest BCUT2D eigenvalue weighted by Gasteiger charge is 2.14. The second-order valence-electron chi connectivity index (χ2n) is 4.23. The lowest BCUT2D eigenvalue weighted by atomic mass is 10.3. The first kappa shape index (κ1) is 15.8. The second kappa shape index (κ2) is 6.93. The lowest BCUT2D eigenvalue weighted by Crippen LogP contribution is -2.19. The van der Waals surface area contributed by atoms with E-state index in [1.807, 2.05) is 0 Å². The quantitative estimate of drug-likeness (QED) is 0.837. The zero-order valence-electron chi connectivity index (χ0n) is 10.8. The largest absolute Gasteiger partial charge is 0.399 e. The van der Waals surface area contributed by atoms with E-state index in [0.29, 0.717) is 26.3 Å². The van der Waals surface area contributed by atoms with Crippen LogP contribution in [0.5, 0.6) is 0 Å². The number of halogens is 2. The van der Waals surface area contributed by atoms with E-state index in [1.165, 1.54) is 6.07 Å². The summed E-state index contributed by atoms with van der Waals surface area (Å²) in [5.74, 6) is -0.584. The molecule has 4 nitrogen and oxygen atoms in total. The lowest BCUT2D eigenvalue weighted by Gasteiger charge is -2.07. The molecule has 0 heterocycles. The van der Waals surface area contributed by atoms with E-state index in [9.17, 15) is 9.00 Å². The maximum absolute atomic E-state index is 12.2. The molecule has 7 heteroatoms. The van der Waals surface area contributed by atoms with E-state index in [-0.39, 0.29) is 11.7 Å². The van der Waals surface area contributed by atoms with Gasteiger partial charge in [0.25, 0.3) is 0 Å². The van der Waals surface area contributed by atoms with Crippen LogP contribution in [-0.2, 0) is 15.6 Å². The summed E-state index contributed by atoms with van der Waals surface area (Å²) >= 11 is 11.8. The summed E-state index contributed by atoms with van der Waals surface area (Å²) < 4.78 is 12.2. The molecule has 0 bridgehead atoms. The zero-order valence-corrected chi connectivity index (χ0v) is 13.1. The molecule has 0 aliphatic rings. The molecule has 2 rings (SSSR count). The van der Waals surface area contributed by atoms with Gasteiger partial charge in [0.1, 0.15) is 5.75 Å². The van der Waals surface area contributed by atoms with Crippen LogP contribution >= 0.6 is 23.2 Å². The van der Waals surface area contributed by atoms with E-state index >= 15 is 0 Å². The molecule has 0 radical (unpaired) electrons. The molecule has 2 aromatic rings. The third kappa shape index (κ3) is 4.46. The number of amides is 1. The monoisotopic (exact) mass is 342 g/mol. The van der Waals surface area contributed by atoms with Gasteiger partial charge in [-0.3, -0.25) is 9.00 Å². The number of nitrogen functional groups attached to an aromatic ring is 1. The van der Waals surface area contributed by atoms with Gasteiger partial charge in [0.2, 0.25) is 5.91 Å². The normalized spacial score (nSPS) is 11.9. The van der Waals surface area contributed by atoms with Crippen molar-refractivity contribution in [2.75, 3.05) is 16.8 Å². The number of anilines is 2. The Morgan fingerprint density at radius 3 is 2.48 bits per heavy atom. The van der Waals surface area contributed by atoms with Gasteiger partial charge in [0.15, 0.2) is 0 Å². The van der Waals surface area contributed by atoms with E-state index in [0.717, 1.165) is 0 Å². The maximum atomic E-state index is 12.2. The van der Waals surface area contributed by atoms with Gasteiger partial charge < -0.3 is 11.1 Å². The van der Waals surface area contributed by atoms with Gasteiger partial charge in [-0.2, -0.15) is 0 Å². The smallest absolute Gasteiger partial charge is 0.237 e. The fourth-order valence-electron chi connectivity index (χ4n) is 1.61. The fraction of sp³-hybridized carbons (Fsp3) is 0.0714. The summed E-state index contributed by atoms with van der Waals surface area (Å²) in [5, 5.41) is 3.38. The molecule has 110 valence electrons. The number of rotatable bonds is 4. The van der Waals surface area contributed by atoms with Crippen LogP contribution in [0.4, 0.5) is 11.4 Å². The number of benzene rings is 2. The SMILES string of the molecule is Nc1ccc(NC(=O)CS(=O)c2cc(Cl)ccc2Cl)cc1. The molecule has 0 fully saturated rings. The topological polar surface area (TPSA) is 72.2 Å². The number of nitrogens with one attached hydrogen (secondary N) is 1. The number of carbonyl (C=O) groups is 1. The van der Waals surface area contributed by atoms with Gasteiger partial charge in [-0.1, -0.05) is 23.2 Å². The van der Waals surface area contributed by atoms with E-state index in [4.69, 9.17) is 28.9 Å². The molecule has 2 aromatic carbocycles. The summed E-state index contributed by atoms with van der Waals surface area (Å²) in [7, 11) is -1.57. The minimum atomic E-state index is -1.57. The van der Waals surface area contributed by atoms with Crippen molar-refractivity contribution < 1.29 is 9.00 Å². The average Bonchev–Trinajstić information content (AvgIpc) is 2.44. The van der Waals surface area contributed by atoms with Crippen LogP contribution in [0.2, 0.25) is 10.0 Å². The Kier molecular flexibility index (Phi) is 5.22. The fourth-order valence-corrected chi connectivity index (χ4v) is 3.23. The molecule has 3 N–H and O–H groups in total. The predicted octanol–water partition coefficient (Wildman–Crippen LogP) is 3.32. The van der Waals surface area contributed by atoms with Crippen LogP contribution in [0.1, 0.15) is 0 Å². The highest BCUT2D eigenvalue weighted by Crippen LogP contribution is 2.24. The molecular formula is C14H12Cl2N2O2S. The Bertz CT molecular complexity index is 690. The number of hydrogen-bond acceptors (Lipinski definition) is 3. The lowest BCUT2D eigenvalue weighted by molar-refractivity contribution is -0.113. The van der Waals surface area contributed by atoms with Gasteiger partial charge >= 0.3 is 0 Å². The Balaban J connectivity index is 2.03. The highest BCUT2D eigenvalue weighted by molar-refractivity contribution is 7.86. The summed E-state index contributed by atoms with van der Waals surface area (Å²) in [6.45, 7) is 0. The molecule has 0 spiro atoms. The van der Waals surface area contributed by atoms with E-state index < -0.39 is 10.8 Å². The van der Waals surface area contributed by atoms with Crippen LogP contribution in [0.15, 0.2) is 47.4 Å². The summed E-state index contributed by atoms with van der Waals surface area (Å²) in [4.78, 5) is 12.2. The summed E-state index contributed by atoms with van der Waals surface area (Å²) in [5.41, 5.74) is 6.74. The molecular weight excluding hydrogens is 331 g/mol. The van der Waals surface area contributed by atoms with Crippen molar-refractivity contribution >= 4 is 51.3 Å². The average molecular weight is 343 g/mol. The Hall–Kier alpha value is -1.56. The van der Waals surface area contributed by atoms with E-state index in [1.54, 1.807) is 36.4 Å². The standard InChI is InChI=1S/C14H12Cl2N2O2S/c15-9-1-6-12(16)13(7-9)21(20)8-14(19)18-11-4-2-10(17)3-5-11/h1-7H,8,17H2,(H,18,19). The Labute approximate surface area is 134 Å². The van der Waals surface area contributed by atoms with Gasteiger partial charge in [0.05, 0.1) is 20.7 Å². The number of carbonyl (C=O) groups excluding carboxylic acids is 1. The van der Waals surface area contributed by atoms with Crippen LogP contribution in [0.25, 0.3) is 0 Å². The molecule has 1 atom stereocenters. The molecule has 0 saturated heterocycles. The van der Waals surface area contributed by atoms with Gasteiger partial charge in [-0.25, -0.2) is 0 Å². The van der Waals surface area contributed by atoms with Crippen molar-refractivity contribution in [2.24, 2.45) is 0 Å². The first-order chi connectivity index (χ1) is 9.95. The minimum Gasteiger partial charge on any atom is -0.399 e. The molecule has 0 aromatic heterocycles. The predicted molar refractivity (Wildman–Crippen MR) is 87.2 cm³/mol. The molecule has 0 aliphatic carbocycles. The third-order valence-electron chi connectivity index (χ3n) is 2.60. The van der Waals surface area contributed by atoms with Crippen molar-refractivity contribution in [1.82, 2.24) is 0 Å². The van der Waals surface area contributed by atoms with E-state index in [2.05, 4.69) is 5.32 Å². The van der Waals surface area contributed by atoms with Crippen molar-refractivity contribution in [2.45, 2.75) is 4.90 Å². The van der Waals surface area contributed by atoms with Crippen molar-refractivity contribution in [3.63, 3.8) is 0 Å². The van der Waals surface area contributed by atoms with Crippen LogP contribution in [-0.4, -0.2) is 15.9 Å². The molecule has 0 aliphatic heterocycles. The first-order valence-electron chi connectivity index (χ1n) is 5.94. The highest BCUT2D eigenvalue weighted by atomic mass is 35.5. The summed E-state index contributed by atoms with van der Waals surface area (Å²) in [6, 6.07) is 11.3. The first-order valence-corrected chi connectivity index (χ1v) is 8.02. The minimum absolute atomic E-state index is 0.204. The van der Waals surface area contributed by atoms with Crippen LogP contribution in [0.3, 0.4) is 0 Å². The Morgan fingerprint density at radius 1 is 1.14 bits per heavy atom. The number of hydrogen-bond donors (Lipinski definition) is 2. The summed E-state index contributed by atoms with van der Waals surface area (Å²) in [6.07, 6.45) is 0.